The summed E-state index contributed by atoms with van der Waals surface area (Å²) in [6, 6.07) is 23.6. The average Bonchev–Trinajstić information content (AvgIpc) is 3.18. The second-order valence-electron chi connectivity index (χ2n) is 5.98. The third-order valence-corrected chi connectivity index (χ3v) is 4.11. The summed E-state index contributed by atoms with van der Waals surface area (Å²) >= 11 is 0. The van der Waals surface area contributed by atoms with Gasteiger partial charge in [0.15, 0.2) is 0 Å². The average molecular weight is 334 g/mol. The molecular weight excluding hydrogens is 312 g/mol. The van der Waals surface area contributed by atoms with Crippen LogP contribution in [0.5, 0.6) is 0 Å². The van der Waals surface area contributed by atoms with Gasteiger partial charge in [0.2, 0.25) is 5.91 Å². The standard InChI is InChI=1S/C21H22N2O2/c1-23(16-17-9-4-2-5-10-17)20(24)15-22-21(19-13-8-14-25-19)18-11-6-3-7-12-18/h2-14,21-22H,15-16H2,1H3/t21-/m1/s1. The van der Waals surface area contributed by atoms with E-state index in [2.05, 4.69) is 5.32 Å². The Hall–Kier alpha value is -2.85. The molecule has 1 amide bonds. The monoisotopic (exact) mass is 334 g/mol. The minimum atomic E-state index is -0.148. The largest absolute Gasteiger partial charge is 0.467 e. The Labute approximate surface area is 148 Å². The number of nitrogens with zero attached hydrogens (tertiary/aromatic N) is 1. The van der Waals surface area contributed by atoms with Gasteiger partial charge in [-0.1, -0.05) is 60.7 Å². The number of amides is 1. The van der Waals surface area contributed by atoms with Crippen molar-refractivity contribution in [2.45, 2.75) is 12.6 Å². The molecule has 4 heteroatoms. The van der Waals surface area contributed by atoms with E-state index in [0.717, 1.165) is 16.9 Å². The van der Waals surface area contributed by atoms with Crippen molar-refractivity contribution < 1.29 is 9.21 Å². The first kappa shape index (κ1) is 17.0. The van der Waals surface area contributed by atoms with E-state index in [1.807, 2.05) is 79.8 Å². The lowest BCUT2D eigenvalue weighted by atomic mass is 10.0. The summed E-state index contributed by atoms with van der Waals surface area (Å²) in [6.07, 6.45) is 1.65. The third kappa shape index (κ3) is 4.58. The molecule has 4 nitrogen and oxygen atoms in total. The molecule has 1 atom stereocenters. The van der Waals surface area contributed by atoms with Crippen LogP contribution in [0.15, 0.2) is 83.5 Å². The molecule has 0 saturated carbocycles. The number of nitrogens with one attached hydrogen (secondary N) is 1. The first-order valence-electron chi connectivity index (χ1n) is 8.33. The Balaban J connectivity index is 1.64. The van der Waals surface area contributed by atoms with Crippen molar-refractivity contribution in [1.29, 1.82) is 0 Å². The topological polar surface area (TPSA) is 45.5 Å². The summed E-state index contributed by atoms with van der Waals surface area (Å²) in [7, 11) is 1.82. The van der Waals surface area contributed by atoms with Gasteiger partial charge < -0.3 is 9.32 Å². The Morgan fingerprint density at radius 1 is 1.00 bits per heavy atom. The molecule has 0 bridgehead atoms. The minimum absolute atomic E-state index is 0.0383. The van der Waals surface area contributed by atoms with Crippen LogP contribution in [-0.4, -0.2) is 24.4 Å². The normalized spacial score (nSPS) is 11.9. The van der Waals surface area contributed by atoms with Crippen LogP contribution in [0.2, 0.25) is 0 Å². The third-order valence-electron chi connectivity index (χ3n) is 4.11. The number of hydrogen-bond acceptors (Lipinski definition) is 3. The summed E-state index contributed by atoms with van der Waals surface area (Å²) in [6.45, 7) is 0.835. The fraction of sp³-hybridized carbons (Fsp3) is 0.190. The molecule has 1 aromatic heterocycles. The van der Waals surface area contributed by atoms with Gasteiger partial charge in [-0.15, -0.1) is 0 Å². The van der Waals surface area contributed by atoms with Gasteiger partial charge in [-0.3, -0.25) is 10.1 Å². The summed E-state index contributed by atoms with van der Waals surface area (Å²) in [5.74, 6) is 0.834. The lowest BCUT2D eigenvalue weighted by Gasteiger charge is -2.21. The van der Waals surface area contributed by atoms with Crippen molar-refractivity contribution in [2.75, 3.05) is 13.6 Å². The summed E-state index contributed by atoms with van der Waals surface area (Å²) < 4.78 is 5.55. The SMILES string of the molecule is CN(Cc1ccccc1)C(=O)CN[C@H](c1ccccc1)c1ccco1. The molecule has 25 heavy (non-hydrogen) atoms. The van der Waals surface area contributed by atoms with E-state index in [0.29, 0.717) is 6.54 Å². The maximum absolute atomic E-state index is 12.5. The molecule has 1 heterocycles. The van der Waals surface area contributed by atoms with Crippen LogP contribution >= 0.6 is 0 Å². The fourth-order valence-corrected chi connectivity index (χ4v) is 2.75. The summed E-state index contributed by atoms with van der Waals surface area (Å²) in [4.78, 5) is 14.2. The van der Waals surface area contributed by atoms with Crippen molar-refractivity contribution in [3.05, 3.63) is 95.9 Å². The van der Waals surface area contributed by atoms with Gasteiger partial charge in [-0.2, -0.15) is 0 Å². The molecule has 1 N–H and O–H groups in total. The molecule has 3 rings (SSSR count). The molecular formula is C21H22N2O2. The highest BCUT2D eigenvalue weighted by Crippen LogP contribution is 2.22. The minimum Gasteiger partial charge on any atom is -0.467 e. The Morgan fingerprint density at radius 3 is 2.32 bits per heavy atom. The van der Waals surface area contributed by atoms with E-state index >= 15 is 0 Å². The van der Waals surface area contributed by atoms with Gasteiger partial charge in [-0.25, -0.2) is 0 Å². The van der Waals surface area contributed by atoms with Gasteiger partial charge in [0.25, 0.3) is 0 Å². The second kappa shape index (κ2) is 8.31. The van der Waals surface area contributed by atoms with E-state index in [1.54, 1.807) is 11.2 Å². The van der Waals surface area contributed by atoms with Crippen LogP contribution in [0, 0.1) is 0 Å². The van der Waals surface area contributed by atoms with Crippen LogP contribution in [0.3, 0.4) is 0 Å². The number of rotatable bonds is 7. The first-order valence-corrected chi connectivity index (χ1v) is 8.33. The van der Waals surface area contributed by atoms with Crippen molar-refractivity contribution >= 4 is 5.91 Å². The fourth-order valence-electron chi connectivity index (χ4n) is 2.75. The molecule has 128 valence electrons. The lowest BCUT2D eigenvalue weighted by Crippen LogP contribution is -2.37. The lowest BCUT2D eigenvalue weighted by molar-refractivity contribution is -0.129. The zero-order chi connectivity index (χ0) is 17.5. The number of likely N-dealkylation sites (N-methyl/N-ethyl adjacent to an activating group) is 1. The van der Waals surface area contributed by atoms with E-state index < -0.39 is 0 Å². The highest BCUT2D eigenvalue weighted by atomic mass is 16.3. The molecule has 0 radical (unpaired) electrons. The molecule has 0 aliphatic carbocycles. The number of carbonyl (C=O) groups excluding carboxylic acids is 1. The van der Waals surface area contributed by atoms with Gasteiger partial charge >= 0.3 is 0 Å². The highest BCUT2D eigenvalue weighted by Gasteiger charge is 2.18. The van der Waals surface area contributed by atoms with Crippen LogP contribution in [0.1, 0.15) is 22.9 Å². The zero-order valence-electron chi connectivity index (χ0n) is 14.3. The maximum atomic E-state index is 12.5. The number of furan rings is 1. The predicted molar refractivity (Wildman–Crippen MR) is 97.9 cm³/mol. The predicted octanol–water partition coefficient (Wildman–Crippen LogP) is 3.62. The van der Waals surface area contributed by atoms with Crippen molar-refractivity contribution in [3.63, 3.8) is 0 Å². The summed E-state index contributed by atoms with van der Waals surface area (Å²) in [5, 5.41) is 3.32. The Morgan fingerprint density at radius 2 is 1.68 bits per heavy atom. The van der Waals surface area contributed by atoms with Crippen LogP contribution in [-0.2, 0) is 11.3 Å². The quantitative estimate of drug-likeness (QED) is 0.718. The van der Waals surface area contributed by atoms with Crippen LogP contribution in [0.25, 0.3) is 0 Å². The molecule has 0 spiro atoms. The molecule has 0 aliphatic heterocycles. The van der Waals surface area contributed by atoms with Gasteiger partial charge in [-0.05, 0) is 23.3 Å². The van der Waals surface area contributed by atoms with E-state index in [9.17, 15) is 4.79 Å². The molecule has 0 saturated heterocycles. The van der Waals surface area contributed by atoms with E-state index in [-0.39, 0.29) is 18.5 Å². The zero-order valence-corrected chi connectivity index (χ0v) is 14.3. The molecule has 0 fully saturated rings. The smallest absolute Gasteiger partial charge is 0.236 e. The van der Waals surface area contributed by atoms with Gasteiger partial charge in [0.1, 0.15) is 5.76 Å². The van der Waals surface area contributed by atoms with Gasteiger partial charge in [0.05, 0.1) is 18.8 Å². The van der Waals surface area contributed by atoms with Crippen LogP contribution < -0.4 is 5.32 Å². The number of hydrogen-bond donors (Lipinski definition) is 1. The molecule has 2 aromatic carbocycles. The van der Waals surface area contributed by atoms with Crippen molar-refractivity contribution in [2.24, 2.45) is 0 Å². The Kier molecular flexibility index (Phi) is 5.65. The molecule has 0 aliphatic rings. The van der Waals surface area contributed by atoms with Crippen molar-refractivity contribution in [1.82, 2.24) is 10.2 Å². The van der Waals surface area contributed by atoms with E-state index in [4.69, 9.17) is 4.42 Å². The van der Waals surface area contributed by atoms with Crippen molar-refractivity contribution in [3.8, 4) is 0 Å². The first-order chi connectivity index (χ1) is 12.2. The maximum Gasteiger partial charge on any atom is 0.236 e. The molecule has 0 unspecified atom stereocenters. The van der Waals surface area contributed by atoms with E-state index in [1.165, 1.54) is 0 Å². The number of carbonyl (C=O) groups is 1. The Bertz CT molecular complexity index is 770. The van der Waals surface area contributed by atoms with Crippen LogP contribution in [0.4, 0.5) is 0 Å². The molecule has 3 aromatic rings. The second-order valence-corrected chi connectivity index (χ2v) is 5.98. The number of benzene rings is 2. The van der Waals surface area contributed by atoms with Gasteiger partial charge in [0, 0.05) is 13.6 Å². The highest BCUT2D eigenvalue weighted by molar-refractivity contribution is 5.78. The summed E-state index contributed by atoms with van der Waals surface area (Å²) in [5.41, 5.74) is 2.18.